The van der Waals surface area contributed by atoms with Crippen LogP contribution in [0.5, 0.6) is 0 Å². The highest BCUT2D eigenvalue weighted by Crippen LogP contribution is 2.22. The highest BCUT2D eigenvalue weighted by molar-refractivity contribution is 5.94. The summed E-state index contributed by atoms with van der Waals surface area (Å²) in [4.78, 5) is 25.0. The van der Waals surface area contributed by atoms with E-state index in [2.05, 4.69) is 10.2 Å². The summed E-state index contributed by atoms with van der Waals surface area (Å²) in [6.45, 7) is 1.23. The highest BCUT2D eigenvalue weighted by Gasteiger charge is 2.24. The number of amides is 1. The van der Waals surface area contributed by atoms with Crippen LogP contribution in [0.1, 0.15) is 29.6 Å². The number of rotatable bonds is 4. The standard InChI is InChI=1S/C16H18N4O3/c21-15(22)9-12-5-7-19(8-6-12)16(23)13-1-3-14(4-2-13)20-10-17-18-11-20/h1-4,10-12H,5-9H2,(H,21,22). The lowest BCUT2D eigenvalue weighted by Crippen LogP contribution is -2.38. The Balaban J connectivity index is 1.61. The minimum atomic E-state index is -0.764. The summed E-state index contributed by atoms with van der Waals surface area (Å²) >= 11 is 0. The Morgan fingerprint density at radius 2 is 1.70 bits per heavy atom. The molecule has 120 valence electrons. The molecule has 1 aliphatic rings. The van der Waals surface area contributed by atoms with Crippen LogP contribution in [-0.2, 0) is 4.79 Å². The van der Waals surface area contributed by atoms with Crippen LogP contribution in [0, 0.1) is 5.92 Å². The highest BCUT2D eigenvalue weighted by atomic mass is 16.4. The maximum atomic E-state index is 12.5. The lowest BCUT2D eigenvalue weighted by atomic mass is 9.93. The minimum absolute atomic E-state index is 0.00548. The zero-order valence-corrected chi connectivity index (χ0v) is 12.6. The van der Waals surface area contributed by atoms with Crippen molar-refractivity contribution in [2.75, 3.05) is 13.1 Å². The van der Waals surface area contributed by atoms with Gasteiger partial charge >= 0.3 is 5.97 Å². The Morgan fingerprint density at radius 1 is 1.09 bits per heavy atom. The molecule has 7 nitrogen and oxygen atoms in total. The third-order valence-electron chi connectivity index (χ3n) is 4.20. The molecule has 1 aromatic carbocycles. The van der Waals surface area contributed by atoms with E-state index < -0.39 is 5.97 Å². The van der Waals surface area contributed by atoms with Crippen molar-refractivity contribution in [3.8, 4) is 5.69 Å². The number of carboxylic acids is 1. The van der Waals surface area contributed by atoms with E-state index in [1.165, 1.54) is 0 Å². The molecule has 3 rings (SSSR count). The van der Waals surface area contributed by atoms with Gasteiger partial charge in [0.05, 0.1) is 0 Å². The van der Waals surface area contributed by atoms with Crippen LogP contribution in [0.2, 0.25) is 0 Å². The molecule has 0 bridgehead atoms. The second kappa shape index (κ2) is 6.60. The molecule has 1 N–H and O–H groups in total. The van der Waals surface area contributed by atoms with Crippen molar-refractivity contribution in [1.29, 1.82) is 0 Å². The Bertz CT molecular complexity index is 674. The van der Waals surface area contributed by atoms with Crippen molar-refractivity contribution < 1.29 is 14.7 Å². The normalized spacial score (nSPS) is 15.6. The molecule has 0 radical (unpaired) electrons. The summed E-state index contributed by atoms with van der Waals surface area (Å²) in [6, 6.07) is 7.30. The van der Waals surface area contributed by atoms with Gasteiger partial charge in [-0.25, -0.2) is 0 Å². The van der Waals surface area contributed by atoms with Crippen LogP contribution >= 0.6 is 0 Å². The first-order valence-corrected chi connectivity index (χ1v) is 7.59. The topological polar surface area (TPSA) is 88.3 Å². The fourth-order valence-electron chi connectivity index (χ4n) is 2.88. The van der Waals surface area contributed by atoms with Crippen LogP contribution in [0.15, 0.2) is 36.9 Å². The van der Waals surface area contributed by atoms with Gasteiger partial charge in [-0.3, -0.25) is 14.2 Å². The van der Waals surface area contributed by atoms with E-state index in [-0.39, 0.29) is 18.2 Å². The Morgan fingerprint density at radius 3 is 2.26 bits per heavy atom. The van der Waals surface area contributed by atoms with Crippen molar-refractivity contribution in [3.63, 3.8) is 0 Å². The van der Waals surface area contributed by atoms with E-state index >= 15 is 0 Å². The third-order valence-corrected chi connectivity index (χ3v) is 4.20. The van der Waals surface area contributed by atoms with Gasteiger partial charge in [0.1, 0.15) is 12.7 Å². The average molecular weight is 314 g/mol. The Kier molecular flexibility index (Phi) is 4.36. The summed E-state index contributed by atoms with van der Waals surface area (Å²) in [5, 5.41) is 16.3. The molecule has 0 unspecified atom stereocenters. The number of nitrogens with zero attached hydrogens (tertiary/aromatic N) is 4. The van der Waals surface area contributed by atoms with E-state index in [1.807, 2.05) is 12.1 Å². The fourth-order valence-corrected chi connectivity index (χ4v) is 2.88. The number of carboxylic acid groups (broad SMARTS) is 1. The minimum Gasteiger partial charge on any atom is -0.481 e. The molecular formula is C16H18N4O3. The lowest BCUT2D eigenvalue weighted by molar-refractivity contribution is -0.138. The van der Waals surface area contributed by atoms with Gasteiger partial charge in [0.25, 0.3) is 5.91 Å². The number of carbonyl (C=O) groups excluding carboxylic acids is 1. The van der Waals surface area contributed by atoms with Crippen LogP contribution in [0.4, 0.5) is 0 Å². The number of benzene rings is 1. The quantitative estimate of drug-likeness (QED) is 0.926. The molecular weight excluding hydrogens is 296 g/mol. The van der Waals surface area contributed by atoms with Crippen molar-refractivity contribution >= 4 is 11.9 Å². The number of aromatic nitrogens is 3. The zero-order valence-electron chi connectivity index (χ0n) is 12.6. The molecule has 2 heterocycles. The second-order valence-electron chi connectivity index (χ2n) is 5.75. The number of hydrogen-bond donors (Lipinski definition) is 1. The molecule has 0 spiro atoms. The molecule has 1 aromatic heterocycles. The van der Waals surface area contributed by atoms with E-state index in [9.17, 15) is 9.59 Å². The monoisotopic (exact) mass is 314 g/mol. The van der Waals surface area contributed by atoms with E-state index in [0.29, 0.717) is 18.7 Å². The summed E-state index contributed by atoms with van der Waals surface area (Å²) in [6.07, 6.45) is 4.89. The number of hydrogen-bond acceptors (Lipinski definition) is 4. The van der Waals surface area contributed by atoms with Gasteiger partial charge in [0, 0.05) is 30.8 Å². The molecule has 1 amide bonds. The predicted molar refractivity (Wildman–Crippen MR) is 82.2 cm³/mol. The Hall–Kier alpha value is -2.70. The van der Waals surface area contributed by atoms with Crippen molar-refractivity contribution in [2.24, 2.45) is 5.92 Å². The number of likely N-dealkylation sites (tertiary alicyclic amines) is 1. The van der Waals surface area contributed by atoms with Crippen LogP contribution in [0.3, 0.4) is 0 Å². The number of aliphatic carboxylic acids is 1. The molecule has 1 saturated heterocycles. The van der Waals surface area contributed by atoms with Crippen molar-refractivity contribution in [1.82, 2.24) is 19.7 Å². The smallest absolute Gasteiger partial charge is 0.303 e. The maximum Gasteiger partial charge on any atom is 0.303 e. The van der Waals surface area contributed by atoms with E-state index in [0.717, 1.165) is 18.5 Å². The van der Waals surface area contributed by atoms with Crippen molar-refractivity contribution in [3.05, 3.63) is 42.5 Å². The van der Waals surface area contributed by atoms with Gasteiger partial charge in [-0.05, 0) is 43.0 Å². The van der Waals surface area contributed by atoms with Gasteiger partial charge in [-0.15, -0.1) is 10.2 Å². The SMILES string of the molecule is O=C(O)CC1CCN(C(=O)c2ccc(-n3cnnc3)cc2)CC1. The molecule has 7 heteroatoms. The predicted octanol–water partition coefficient (Wildman–Crippen LogP) is 1.59. The summed E-state index contributed by atoms with van der Waals surface area (Å²) in [5.41, 5.74) is 1.53. The van der Waals surface area contributed by atoms with Gasteiger partial charge in [-0.2, -0.15) is 0 Å². The fraction of sp³-hybridized carbons (Fsp3) is 0.375. The van der Waals surface area contributed by atoms with E-state index in [1.54, 1.807) is 34.3 Å². The molecule has 0 aliphatic carbocycles. The first-order chi connectivity index (χ1) is 11.1. The maximum absolute atomic E-state index is 12.5. The van der Waals surface area contributed by atoms with Gasteiger partial charge in [-0.1, -0.05) is 0 Å². The largest absolute Gasteiger partial charge is 0.481 e. The van der Waals surface area contributed by atoms with Crippen molar-refractivity contribution in [2.45, 2.75) is 19.3 Å². The lowest BCUT2D eigenvalue weighted by Gasteiger charge is -2.31. The zero-order chi connectivity index (χ0) is 16.2. The second-order valence-corrected chi connectivity index (χ2v) is 5.75. The third kappa shape index (κ3) is 3.56. The van der Waals surface area contributed by atoms with Gasteiger partial charge in [0.15, 0.2) is 0 Å². The average Bonchev–Trinajstić information content (AvgIpc) is 3.09. The molecule has 0 atom stereocenters. The van der Waals surface area contributed by atoms with Crippen LogP contribution < -0.4 is 0 Å². The van der Waals surface area contributed by atoms with Crippen LogP contribution in [0.25, 0.3) is 5.69 Å². The number of carbonyl (C=O) groups is 2. The number of piperidine rings is 1. The summed E-state index contributed by atoms with van der Waals surface area (Å²) in [5.74, 6) is -0.596. The molecule has 23 heavy (non-hydrogen) atoms. The Labute approximate surface area is 133 Å². The first-order valence-electron chi connectivity index (χ1n) is 7.59. The van der Waals surface area contributed by atoms with Crippen LogP contribution in [-0.4, -0.2) is 49.7 Å². The summed E-state index contributed by atoms with van der Waals surface area (Å²) in [7, 11) is 0. The molecule has 1 aliphatic heterocycles. The van der Waals surface area contributed by atoms with E-state index in [4.69, 9.17) is 5.11 Å². The van der Waals surface area contributed by atoms with Gasteiger partial charge < -0.3 is 10.0 Å². The molecule has 0 saturated carbocycles. The summed E-state index contributed by atoms with van der Waals surface area (Å²) < 4.78 is 1.77. The molecule has 1 fully saturated rings. The first kappa shape index (κ1) is 15.2. The molecule has 2 aromatic rings. The van der Waals surface area contributed by atoms with Gasteiger partial charge in [0.2, 0.25) is 0 Å².